The Morgan fingerprint density at radius 1 is 0.208 bits per heavy atom. The Kier molecular flexibility index (Phi) is 58.1. The average Bonchev–Trinajstić information content (AvgIpc) is 2.95. The van der Waals surface area contributed by atoms with Crippen LogP contribution in [0.1, 0.15) is 0 Å². The highest BCUT2D eigenvalue weighted by atomic mass is 33.5. The van der Waals surface area contributed by atoms with Gasteiger partial charge in [0, 0.05) is 0 Å². The summed E-state index contributed by atoms with van der Waals surface area (Å²) in [4.78, 5) is 0. The highest BCUT2D eigenvalue weighted by Gasteiger charge is 2.54. The Bertz CT molecular complexity index is 830. The van der Waals surface area contributed by atoms with Crippen LogP contribution < -0.4 is 0 Å². The van der Waals surface area contributed by atoms with E-state index in [-0.39, 0.29) is 161 Å². The summed E-state index contributed by atoms with van der Waals surface area (Å²) >= 11 is 0. The van der Waals surface area contributed by atoms with E-state index in [0.717, 1.165) is 0 Å². The van der Waals surface area contributed by atoms with Crippen LogP contribution >= 0.6 is 424 Å². The molecule has 0 aliphatic rings. The lowest BCUT2D eigenvalue weighted by Crippen LogP contribution is -1.67. The summed E-state index contributed by atoms with van der Waals surface area (Å²) in [6.45, 7) is -7.21. The molecule has 320 valence electrons. The molecule has 53 heavy (non-hydrogen) atoms. The molecule has 0 heterocycles. The zero-order valence-electron chi connectivity index (χ0n) is 28.2. The second-order valence-electron chi connectivity index (χ2n) is 8.30. The fourth-order valence-electron chi connectivity index (χ4n) is 2.94. The highest BCUT2D eigenvalue weighted by molar-refractivity contribution is 9.48. The van der Waals surface area contributed by atoms with E-state index in [1.165, 1.54) is 0 Å². The van der Waals surface area contributed by atoms with Crippen molar-refractivity contribution in [2.75, 3.05) is 0 Å². The SMILES string of the molecule is [3H]P(P(P(P(P)P)P(P)P)P(P(P)P(P)P)P(P(P)P)P(P)P)P(P(P(P(P)P)P(P)P)P(P(P)P)P(P)P)P(P(P(P)P)P(P)P)P(P(P)P)P(P)P. The van der Waals surface area contributed by atoms with Crippen molar-refractivity contribution >= 4 is 424 Å². The zero-order valence-corrected chi connectivity index (χ0v) is 81.6. The van der Waals surface area contributed by atoms with Crippen LogP contribution in [0.15, 0.2) is 0 Å². The topological polar surface area (TPSA) is 0 Å². The van der Waals surface area contributed by atoms with Crippen LogP contribution in [0, 0.1) is 0 Å². The van der Waals surface area contributed by atoms with E-state index in [4.69, 9.17) is 0 Å². The smallest absolute Gasteiger partial charge is 0.0690 e. The number of hydrogen-bond donors (Lipinski definition) is 0. The summed E-state index contributed by atoms with van der Waals surface area (Å²) in [5, 5.41) is 0. The van der Waals surface area contributed by atoms with Gasteiger partial charge in [0.15, 0.2) is 0 Å². The van der Waals surface area contributed by atoms with Gasteiger partial charge in [-0.2, -0.15) is 0 Å². The maximum absolute atomic E-state index is 11.9. The van der Waals surface area contributed by atoms with Crippen LogP contribution in [0.4, 0.5) is 0 Å². The predicted molar refractivity (Wildman–Crippen MR) is 443 cm³/mol. The molecule has 0 nitrogen and oxygen atoms in total. The molecule has 0 aromatic rings. The van der Waals surface area contributed by atoms with E-state index < -0.39 is 21.9 Å². The van der Waals surface area contributed by atoms with Crippen LogP contribution in [-0.2, 0) is 0 Å². The molecule has 0 aliphatic carbocycles. The van der Waals surface area contributed by atoms with E-state index in [0.29, 0.717) is 0 Å². The molecule has 0 rings (SSSR count). The molecular weight excluding hydrogens is 1640 g/mol. The van der Waals surface area contributed by atoms with Gasteiger partial charge in [0.25, 0.3) is 0 Å². The van der Waals surface area contributed by atoms with Crippen LogP contribution in [-0.4, -0.2) is 1.28 Å². The highest BCUT2D eigenvalue weighted by Crippen LogP contribution is 3.42. The van der Waals surface area contributed by atoms with Gasteiger partial charge in [0.1, 0.15) is 0 Å². The van der Waals surface area contributed by atoms with Gasteiger partial charge in [0.2, 0.25) is 0 Å². The summed E-state index contributed by atoms with van der Waals surface area (Å²) in [6.07, 6.45) is 0. The van der Waals surface area contributed by atoms with E-state index in [2.05, 4.69) is 241 Å². The second kappa shape index (κ2) is 41.7. The summed E-state index contributed by atoms with van der Waals surface area (Å²) in [5.74, 6) is 0. The van der Waals surface area contributed by atoms with Crippen molar-refractivity contribution in [1.29, 1.82) is 1.28 Å². The lowest BCUT2D eigenvalue weighted by atomic mass is 28.4. The van der Waals surface area contributed by atoms with Crippen molar-refractivity contribution < 1.29 is 0 Å². The third-order valence-electron chi connectivity index (χ3n) is 4.50. The summed E-state index contributed by atoms with van der Waals surface area (Å²) in [6, 6.07) is 0. The monoisotopic (exact) mass is 1700 g/mol. The quantitative estimate of drug-likeness (QED) is 0.0799. The summed E-state index contributed by atoms with van der Waals surface area (Å²) in [5.41, 5.74) is 0. The third kappa shape index (κ3) is 28.1. The fraction of sp³-hybridized carbons (Fsp3) is 0. The third-order valence-corrected chi connectivity index (χ3v) is 364. The molecular formula is H55P53. The van der Waals surface area contributed by atoms with Crippen molar-refractivity contribution in [2.24, 2.45) is 0 Å². The van der Waals surface area contributed by atoms with Gasteiger partial charge in [0.05, 0.1) is 1.28 Å². The maximum Gasteiger partial charge on any atom is 0.0690 e. The summed E-state index contributed by atoms with van der Waals surface area (Å²) in [7, 11) is 91.3. The van der Waals surface area contributed by atoms with Crippen LogP contribution in [0.5, 0.6) is 0 Å². The van der Waals surface area contributed by atoms with Crippen molar-refractivity contribution in [3.05, 3.63) is 0 Å². The Labute approximate surface area is 419 Å². The van der Waals surface area contributed by atoms with Crippen LogP contribution in [0.25, 0.3) is 0 Å². The van der Waals surface area contributed by atoms with Gasteiger partial charge in [-0.25, -0.2) is 0 Å². The normalized spacial score (nSPS) is 16.9. The molecule has 0 fully saturated rings. The Balaban J connectivity index is 9.48. The summed E-state index contributed by atoms with van der Waals surface area (Å²) < 4.78 is 11.9. The minimum Gasteiger partial charge on any atom is -0.102 e. The second-order valence-corrected chi connectivity index (χ2v) is 224. The first-order valence-corrected chi connectivity index (χ1v) is 108. The molecule has 31 unspecified atom stereocenters. The molecule has 0 N–H and O–H groups in total. The van der Waals surface area contributed by atoms with Crippen molar-refractivity contribution in [3.8, 4) is 0 Å². The van der Waals surface area contributed by atoms with Crippen molar-refractivity contribution in [3.63, 3.8) is 0 Å². The minimum atomic E-state index is -0.929. The lowest BCUT2D eigenvalue weighted by molar-refractivity contribution is 4.39. The predicted octanol–water partition coefficient (Wildman–Crippen LogP) is 30.9. The standard InChI is InChI=1S/H55P53/c1-29(2)42(27)51(46(32(7)8)33(9)10)43(45(30(3)4)31(5)6)28-44(52(47(34(11)12)35(13)14)48(36(15)16)37(17)18)53(49(38(19)20)39(21)22)50(40(23)24)41(25)26/h28H,1-27H2/i28T. The van der Waals surface area contributed by atoms with Gasteiger partial charge in [-0.3, -0.25) is 0 Å². The Hall–Kier alpha value is 22.8. The Morgan fingerprint density at radius 3 is 0.547 bits per heavy atom. The van der Waals surface area contributed by atoms with Crippen molar-refractivity contribution in [1.82, 2.24) is 0 Å². The van der Waals surface area contributed by atoms with Gasteiger partial charge in [-0.1, -0.05) is 0 Å². The van der Waals surface area contributed by atoms with Crippen LogP contribution in [0.3, 0.4) is 0 Å². The largest absolute Gasteiger partial charge is 0.102 e. The van der Waals surface area contributed by atoms with Gasteiger partial charge >= 0.3 is 0 Å². The molecule has 0 amide bonds. The Morgan fingerprint density at radius 2 is 0.377 bits per heavy atom. The molecule has 0 aromatic carbocycles. The first kappa shape index (κ1) is 73.8. The molecule has 0 saturated carbocycles. The molecule has 31 atom stereocenters. The first-order chi connectivity index (χ1) is 24.5. The average molecular weight is 1700 g/mol. The van der Waals surface area contributed by atoms with E-state index in [9.17, 15) is 1.28 Å². The van der Waals surface area contributed by atoms with Gasteiger partial charge in [-0.15, -0.1) is 241 Å². The van der Waals surface area contributed by atoms with E-state index in [1.807, 2.05) is 0 Å². The molecule has 0 aromatic heterocycles. The van der Waals surface area contributed by atoms with E-state index in [1.54, 1.807) is 0 Å². The molecule has 0 saturated heterocycles. The first-order valence-electron chi connectivity index (χ1n) is 12.4. The maximum atomic E-state index is 11.9. The zero-order chi connectivity index (χ0) is 43.0. The minimum absolute atomic E-state index is 0.211. The molecule has 0 bridgehead atoms. The number of rotatable bonds is 25. The van der Waals surface area contributed by atoms with Crippen LogP contribution in [0.2, 0.25) is 0 Å². The van der Waals surface area contributed by atoms with Gasteiger partial charge < -0.3 is 0 Å². The van der Waals surface area contributed by atoms with Gasteiger partial charge in [-0.05, 0) is 183 Å². The molecule has 0 spiro atoms. The number of hydrogen-bond acceptors (Lipinski definition) is 0. The molecule has 0 radical (unpaired) electrons. The van der Waals surface area contributed by atoms with Crippen molar-refractivity contribution in [2.45, 2.75) is 0 Å². The molecule has 0 aliphatic heterocycles. The van der Waals surface area contributed by atoms with E-state index >= 15 is 0 Å². The lowest BCUT2D eigenvalue weighted by Gasteiger charge is -2.55. The fourth-order valence-corrected chi connectivity index (χ4v) is 714. The molecule has 53 heteroatoms.